The van der Waals surface area contributed by atoms with Crippen LogP contribution in [0.25, 0.3) is 0 Å². The van der Waals surface area contributed by atoms with Gasteiger partial charge in [-0.2, -0.15) is 0 Å². The fourth-order valence-corrected chi connectivity index (χ4v) is 2.15. The van der Waals surface area contributed by atoms with E-state index in [1.54, 1.807) is 0 Å². The lowest BCUT2D eigenvalue weighted by atomic mass is 9.78. The van der Waals surface area contributed by atoms with E-state index in [-0.39, 0.29) is 0 Å². The maximum absolute atomic E-state index is 4.02. The van der Waals surface area contributed by atoms with Crippen molar-refractivity contribution in [3.63, 3.8) is 0 Å². The third kappa shape index (κ3) is 2.75. The first-order chi connectivity index (χ1) is 6.15. The Labute approximate surface area is 82.6 Å². The van der Waals surface area contributed by atoms with Gasteiger partial charge in [0.1, 0.15) is 0 Å². The zero-order valence-corrected chi connectivity index (χ0v) is 9.27. The number of rotatable bonds is 3. The molecule has 0 aromatic heterocycles. The highest BCUT2D eigenvalue weighted by Crippen LogP contribution is 2.29. The molecule has 0 amide bonds. The summed E-state index contributed by atoms with van der Waals surface area (Å²) in [6, 6.07) is 0.677. The second-order valence-corrected chi connectivity index (χ2v) is 4.48. The normalized spacial score (nSPS) is 34.2. The largest absolute Gasteiger partial charge is 0.386 e. The van der Waals surface area contributed by atoms with Crippen molar-refractivity contribution < 1.29 is 0 Å². The SMILES string of the molecule is C=C(CC)NC1CCCC(C)C1C. The minimum absolute atomic E-state index is 0.677. The Morgan fingerprint density at radius 2 is 2.08 bits per heavy atom. The van der Waals surface area contributed by atoms with Crippen LogP contribution in [0.15, 0.2) is 12.3 Å². The molecule has 0 aromatic carbocycles. The lowest BCUT2D eigenvalue weighted by Crippen LogP contribution is -2.39. The average Bonchev–Trinajstić information content (AvgIpc) is 2.13. The number of hydrogen-bond donors (Lipinski definition) is 1. The Morgan fingerprint density at radius 3 is 2.69 bits per heavy atom. The standard InChI is InChI=1S/C12H23N/c1-5-10(3)13-12-8-6-7-9(2)11(12)4/h9,11-13H,3,5-8H2,1-2,4H3. The third-order valence-corrected chi connectivity index (χ3v) is 3.52. The molecule has 0 aliphatic heterocycles. The van der Waals surface area contributed by atoms with Gasteiger partial charge in [-0.25, -0.2) is 0 Å². The monoisotopic (exact) mass is 181 g/mol. The molecule has 3 atom stereocenters. The van der Waals surface area contributed by atoms with E-state index in [2.05, 4.69) is 32.7 Å². The zero-order chi connectivity index (χ0) is 9.84. The summed E-state index contributed by atoms with van der Waals surface area (Å²) in [6.07, 6.45) is 5.15. The first-order valence-electron chi connectivity index (χ1n) is 5.59. The summed E-state index contributed by atoms with van der Waals surface area (Å²) >= 11 is 0. The minimum atomic E-state index is 0.677. The molecule has 76 valence electrons. The van der Waals surface area contributed by atoms with Crippen molar-refractivity contribution in [1.82, 2.24) is 5.32 Å². The Morgan fingerprint density at radius 1 is 1.38 bits per heavy atom. The van der Waals surface area contributed by atoms with Crippen molar-refractivity contribution in [2.24, 2.45) is 11.8 Å². The van der Waals surface area contributed by atoms with Crippen molar-refractivity contribution in [3.8, 4) is 0 Å². The van der Waals surface area contributed by atoms with Crippen molar-refractivity contribution in [2.45, 2.75) is 52.5 Å². The predicted molar refractivity (Wildman–Crippen MR) is 58.5 cm³/mol. The first kappa shape index (κ1) is 10.6. The molecule has 0 bridgehead atoms. The van der Waals surface area contributed by atoms with E-state index >= 15 is 0 Å². The summed E-state index contributed by atoms with van der Waals surface area (Å²) in [7, 11) is 0. The first-order valence-corrected chi connectivity index (χ1v) is 5.59. The Balaban J connectivity index is 2.43. The molecule has 1 heteroatoms. The van der Waals surface area contributed by atoms with Gasteiger partial charge in [-0.1, -0.05) is 40.2 Å². The molecule has 0 spiro atoms. The van der Waals surface area contributed by atoms with Crippen LogP contribution in [0.1, 0.15) is 46.5 Å². The maximum atomic E-state index is 4.02. The van der Waals surface area contributed by atoms with E-state index in [1.807, 2.05) is 0 Å². The van der Waals surface area contributed by atoms with Gasteiger partial charge in [0.2, 0.25) is 0 Å². The van der Waals surface area contributed by atoms with E-state index in [4.69, 9.17) is 0 Å². The maximum Gasteiger partial charge on any atom is 0.0286 e. The molecular weight excluding hydrogens is 158 g/mol. The lowest BCUT2D eigenvalue weighted by Gasteiger charge is -2.35. The molecular formula is C12H23N. The second kappa shape index (κ2) is 4.69. The van der Waals surface area contributed by atoms with Gasteiger partial charge < -0.3 is 5.32 Å². The minimum Gasteiger partial charge on any atom is -0.386 e. The molecule has 0 aromatic rings. The van der Waals surface area contributed by atoms with Gasteiger partial charge in [0.05, 0.1) is 0 Å². The van der Waals surface area contributed by atoms with Crippen LogP contribution >= 0.6 is 0 Å². The molecule has 0 radical (unpaired) electrons. The van der Waals surface area contributed by atoms with E-state index in [1.165, 1.54) is 25.0 Å². The number of allylic oxidation sites excluding steroid dienone is 1. The van der Waals surface area contributed by atoms with Crippen molar-refractivity contribution in [2.75, 3.05) is 0 Å². The smallest absolute Gasteiger partial charge is 0.0286 e. The number of hydrogen-bond acceptors (Lipinski definition) is 1. The summed E-state index contributed by atoms with van der Waals surface area (Å²) in [5.74, 6) is 1.67. The fraction of sp³-hybridized carbons (Fsp3) is 0.833. The average molecular weight is 181 g/mol. The van der Waals surface area contributed by atoms with E-state index in [9.17, 15) is 0 Å². The van der Waals surface area contributed by atoms with Crippen LogP contribution in [0.4, 0.5) is 0 Å². The van der Waals surface area contributed by atoms with Crippen LogP contribution in [0.2, 0.25) is 0 Å². The van der Waals surface area contributed by atoms with E-state index in [0.29, 0.717) is 6.04 Å². The van der Waals surface area contributed by atoms with Gasteiger partial charge in [0, 0.05) is 11.7 Å². The highest BCUT2D eigenvalue weighted by atomic mass is 14.9. The Bertz CT molecular complexity index is 174. The van der Waals surface area contributed by atoms with Gasteiger partial charge in [-0.05, 0) is 24.7 Å². The van der Waals surface area contributed by atoms with Crippen LogP contribution in [0.5, 0.6) is 0 Å². The van der Waals surface area contributed by atoms with Crippen LogP contribution in [-0.2, 0) is 0 Å². The van der Waals surface area contributed by atoms with Gasteiger partial charge in [0.25, 0.3) is 0 Å². The Kier molecular flexibility index (Phi) is 3.83. The quantitative estimate of drug-likeness (QED) is 0.704. The van der Waals surface area contributed by atoms with Crippen molar-refractivity contribution in [3.05, 3.63) is 12.3 Å². The van der Waals surface area contributed by atoms with Crippen molar-refractivity contribution in [1.29, 1.82) is 0 Å². The van der Waals surface area contributed by atoms with Crippen LogP contribution < -0.4 is 5.32 Å². The molecule has 1 N–H and O–H groups in total. The molecule has 0 heterocycles. The molecule has 1 saturated carbocycles. The molecule has 1 nitrogen and oxygen atoms in total. The summed E-state index contributed by atoms with van der Waals surface area (Å²) in [4.78, 5) is 0. The summed E-state index contributed by atoms with van der Waals surface area (Å²) in [5, 5.41) is 3.55. The molecule has 1 aliphatic carbocycles. The van der Waals surface area contributed by atoms with E-state index in [0.717, 1.165) is 18.3 Å². The van der Waals surface area contributed by atoms with Crippen LogP contribution in [0.3, 0.4) is 0 Å². The second-order valence-electron chi connectivity index (χ2n) is 4.48. The van der Waals surface area contributed by atoms with Crippen LogP contribution in [0, 0.1) is 11.8 Å². The summed E-state index contributed by atoms with van der Waals surface area (Å²) in [5.41, 5.74) is 1.20. The summed E-state index contributed by atoms with van der Waals surface area (Å²) in [6.45, 7) is 10.9. The third-order valence-electron chi connectivity index (χ3n) is 3.52. The fourth-order valence-electron chi connectivity index (χ4n) is 2.15. The molecule has 1 aliphatic rings. The van der Waals surface area contributed by atoms with Gasteiger partial charge in [0.15, 0.2) is 0 Å². The highest BCUT2D eigenvalue weighted by molar-refractivity contribution is 4.95. The highest BCUT2D eigenvalue weighted by Gasteiger charge is 2.26. The molecule has 1 rings (SSSR count). The van der Waals surface area contributed by atoms with E-state index < -0.39 is 0 Å². The topological polar surface area (TPSA) is 12.0 Å². The van der Waals surface area contributed by atoms with Crippen molar-refractivity contribution >= 4 is 0 Å². The zero-order valence-electron chi connectivity index (χ0n) is 9.27. The molecule has 13 heavy (non-hydrogen) atoms. The van der Waals surface area contributed by atoms with Crippen LogP contribution in [-0.4, -0.2) is 6.04 Å². The number of nitrogens with one attached hydrogen (secondary N) is 1. The van der Waals surface area contributed by atoms with Gasteiger partial charge >= 0.3 is 0 Å². The van der Waals surface area contributed by atoms with Gasteiger partial charge in [-0.3, -0.25) is 0 Å². The molecule has 3 unspecified atom stereocenters. The molecule has 1 fully saturated rings. The van der Waals surface area contributed by atoms with Gasteiger partial charge in [-0.15, -0.1) is 0 Å². The molecule has 0 saturated heterocycles. The summed E-state index contributed by atoms with van der Waals surface area (Å²) < 4.78 is 0. The lowest BCUT2D eigenvalue weighted by molar-refractivity contribution is 0.216. The Hall–Kier alpha value is -0.460. The predicted octanol–water partition coefficient (Wildman–Crippen LogP) is 3.32.